The molecule has 34 heavy (non-hydrogen) atoms. The number of aromatic hydroxyl groups is 1. The second-order valence-corrected chi connectivity index (χ2v) is 8.88. The van der Waals surface area contributed by atoms with E-state index in [-0.39, 0.29) is 12.2 Å². The average Bonchev–Trinajstić information content (AvgIpc) is 3.31. The van der Waals surface area contributed by atoms with Crippen LogP contribution in [0.1, 0.15) is 39.2 Å². The van der Waals surface area contributed by atoms with Crippen LogP contribution in [-0.2, 0) is 25.6 Å². The molecule has 1 fully saturated rings. The number of carbonyl (C=O) groups is 4. The Morgan fingerprint density at radius 1 is 1.00 bits per heavy atom. The van der Waals surface area contributed by atoms with Crippen molar-refractivity contribution in [2.45, 2.75) is 70.3 Å². The predicted octanol–water partition coefficient (Wildman–Crippen LogP) is -0.737. The van der Waals surface area contributed by atoms with Gasteiger partial charge in [0, 0.05) is 6.42 Å². The molecule has 0 bridgehead atoms. The molecule has 11 nitrogen and oxygen atoms in total. The monoisotopic (exact) mass is 478 g/mol. The van der Waals surface area contributed by atoms with Crippen LogP contribution in [0.2, 0.25) is 0 Å². The largest absolute Gasteiger partial charge is 0.508 e. The molecule has 5 atom stereocenters. The van der Waals surface area contributed by atoms with E-state index in [4.69, 9.17) is 0 Å². The highest BCUT2D eigenvalue weighted by atomic mass is 16.4. The quantitative estimate of drug-likeness (QED) is 0.217. The molecule has 1 aromatic carbocycles. The third-order valence-electron chi connectivity index (χ3n) is 5.68. The summed E-state index contributed by atoms with van der Waals surface area (Å²) in [6.07, 6.45) is 0.200. The number of carboxylic acid groups (broad SMARTS) is 1. The second-order valence-electron chi connectivity index (χ2n) is 8.88. The van der Waals surface area contributed by atoms with Gasteiger partial charge in [-0.25, -0.2) is 4.79 Å². The fraction of sp³-hybridized carbons (Fsp3) is 0.565. The zero-order valence-corrected chi connectivity index (χ0v) is 19.6. The van der Waals surface area contributed by atoms with E-state index < -0.39 is 59.9 Å². The van der Waals surface area contributed by atoms with Gasteiger partial charge in [0.25, 0.3) is 0 Å². The van der Waals surface area contributed by atoms with Gasteiger partial charge in [0.05, 0.1) is 12.1 Å². The lowest BCUT2D eigenvalue weighted by atomic mass is 10.0. The van der Waals surface area contributed by atoms with Gasteiger partial charge in [-0.15, -0.1) is 0 Å². The fourth-order valence-electron chi connectivity index (χ4n) is 3.67. The van der Waals surface area contributed by atoms with Gasteiger partial charge in [0.1, 0.15) is 23.9 Å². The maximum absolute atomic E-state index is 12.9. The van der Waals surface area contributed by atoms with E-state index in [0.29, 0.717) is 18.5 Å². The number of carbonyl (C=O) groups excluding carboxylic acids is 3. The Morgan fingerprint density at radius 2 is 1.62 bits per heavy atom. The molecule has 1 aliphatic heterocycles. The first-order chi connectivity index (χ1) is 16.0. The van der Waals surface area contributed by atoms with Crippen molar-refractivity contribution in [3.63, 3.8) is 0 Å². The molecule has 1 heterocycles. The van der Waals surface area contributed by atoms with Crippen molar-refractivity contribution in [2.24, 2.45) is 5.92 Å². The predicted molar refractivity (Wildman–Crippen MR) is 123 cm³/mol. The van der Waals surface area contributed by atoms with Crippen LogP contribution in [0.4, 0.5) is 0 Å². The summed E-state index contributed by atoms with van der Waals surface area (Å²) < 4.78 is 0. The number of phenolic OH excluding ortho intramolecular Hbond substituents is 1. The molecule has 0 radical (unpaired) electrons. The third kappa shape index (κ3) is 7.70. The van der Waals surface area contributed by atoms with Crippen LogP contribution >= 0.6 is 0 Å². The maximum atomic E-state index is 12.9. The Balaban J connectivity index is 2.07. The molecule has 0 spiro atoms. The summed E-state index contributed by atoms with van der Waals surface area (Å²) in [4.78, 5) is 49.9. The number of amides is 3. The number of carboxylic acids is 1. The number of aliphatic hydroxyl groups is 1. The third-order valence-corrected chi connectivity index (χ3v) is 5.68. The van der Waals surface area contributed by atoms with E-state index in [1.807, 2.05) is 0 Å². The van der Waals surface area contributed by atoms with Crippen molar-refractivity contribution in [2.75, 3.05) is 6.54 Å². The number of hydrogen-bond acceptors (Lipinski definition) is 7. The number of aliphatic carboxylic acids is 1. The molecule has 3 amide bonds. The number of hydrogen-bond donors (Lipinski definition) is 7. The van der Waals surface area contributed by atoms with Crippen LogP contribution in [0.3, 0.4) is 0 Å². The Bertz CT molecular complexity index is 867. The number of rotatable bonds is 11. The Kier molecular flexibility index (Phi) is 9.82. The molecule has 1 aromatic rings. The Labute approximate surface area is 198 Å². The minimum Gasteiger partial charge on any atom is -0.508 e. The van der Waals surface area contributed by atoms with Gasteiger partial charge < -0.3 is 36.6 Å². The first kappa shape index (κ1) is 27.1. The standard InChI is InChI=1S/C23H34N4O7/c1-12(2)18(21(31)25-17(23(33)34)11-14-6-8-15(29)9-7-14)26-22(32)19(13(3)28)27-20(30)16-5-4-10-24-16/h6-9,12-13,16-19,24,28-29H,4-5,10-11H2,1-3H3,(H,25,31)(H,26,32)(H,27,30)(H,33,34). The molecule has 2 rings (SSSR count). The maximum Gasteiger partial charge on any atom is 0.326 e. The van der Waals surface area contributed by atoms with Gasteiger partial charge in [0.15, 0.2) is 0 Å². The molecule has 5 unspecified atom stereocenters. The molecule has 0 aliphatic carbocycles. The molecular formula is C23H34N4O7. The Morgan fingerprint density at radius 3 is 2.12 bits per heavy atom. The van der Waals surface area contributed by atoms with Crippen molar-refractivity contribution in [1.29, 1.82) is 0 Å². The lowest BCUT2D eigenvalue weighted by Gasteiger charge is -2.28. The first-order valence-electron chi connectivity index (χ1n) is 11.3. The number of phenols is 1. The summed E-state index contributed by atoms with van der Waals surface area (Å²) in [5, 5.41) is 39.6. The van der Waals surface area contributed by atoms with Gasteiger partial charge in [-0.3, -0.25) is 14.4 Å². The van der Waals surface area contributed by atoms with Crippen LogP contribution < -0.4 is 21.3 Å². The SMILES string of the molecule is CC(C)C(NC(=O)C(NC(=O)C1CCCN1)C(C)O)C(=O)NC(Cc1ccc(O)cc1)C(=O)O. The molecule has 188 valence electrons. The summed E-state index contributed by atoms with van der Waals surface area (Å²) in [7, 11) is 0. The van der Waals surface area contributed by atoms with Crippen LogP contribution in [0.25, 0.3) is 0 Å². The number of benzene rings is 1. The second kappa shape index (κ2) is 12.3. The summed E-state index contributed by atoms with van der Waals surface area (Å²) in [5.41, 5.74) is 0.591. The smallest absolute Gasteiger partial charge is 0.326 e. The van der Waals surface area contributed by atoms with Crippen molar-refractivity contribution in [1.82, 2.24) is 21.3 Å². The summed E-state index contributed by atoms with van der Waals surface area (Å²) in [5.74, 6) is -3.50. The summed E-state index contributed by atoms with van der Waals surface area (Å²) in [6, 6.07) is 1.83. The van der Waals surface area contributed by atoms with Crippen molar-refractivity contribution in [3.05, 3.63) is 29.8 Å². The topological polar surface area (TPSA) is 177 Å². The van der Waals surface area contributed by atoms with Crippen LogP contribution in [0.15, 0.2) is 24.3 Å². The highest BCUT2D eigenvalue weighted by Crippen LogP contribution is 2.12. The first-order valence-corrected chi connectivity index (χ1v) is 11.3. The molecule has 0 saturated carbocycles. The van der Waals surface area contributed by atoms with Gasteiger partial charge in [0.2, 0.25) is 17.7 Å². The van der Waals surface area contributed by atoms with Crippen molar-refractivity contribution < 1.29 is 34.5 Å². The van der Waals surface area contributed by atoms with Gasteiger partial charge in [-0.2, -0.15) is 0 Å². The normalized spacial score (nSPS) is 19.0. The van der Waals surface area contributed by atoms with Gasteiger partial charge in [-0.1, -0.05) is 26.0 Å². The fourth-order valence-corrected chi connectivity index (χ4v) is 3.67. The lowest BCUT2D eigenvalue weighted by molar-refractivity contribution is -0.142. The molecule has 1 saturated heterocycles. The van der Waals surface area contributed by atoms with Crippen LogP contribution in [-0.4, -0.2) is 75.8 Å². The number of nitrogens with one attached hydrogen (secondary N) is 4. The molecular weight excluding hydrogens is 444 g/mol. The summed E-state index contributed by atoms with van der Waals surface area (Å²) >= 11 is 0. The van der Waals surface area contributed by atoms with E-state index >= 15 is 0 Å². The van der Waals surface area contributed by atoms with E-state index in [1.165, 1.54) is 19.1 Å². The molecule has 11 heteroatoms. The van der Waals surface area contributed by atoms with Gasteiger partial charge in [-0.05, 0) is 49.9 Å². The Hall–Kier alpha value is -3.18. The minimum atomic E-state index is -1.28. The minimum absolute atomic E-state index is 0.0269. The summed E-state index contributed by atoms with van der Waals surface area (Å²) in [6.45, 7) is 5.40. The van der Waals surface area contributed by atoms with Crippen molar-refractivity contribution >= 4 is 23.7 Å². The zero-order chi connectivity index (χ0) is 25.4. The van der Waals surface area contributed by atoms with E-state index in [2.05, 4.69) is 21.3 Å². The van der Waals surface area contributed by atoms with Gasteiger partial charge >= 0.3 is 5.97 Å². The molecule has 1 aliphatic rings. The average molecular weight is 479 g/mol. The molecule has 7 N–H and O–H groups in total. The number of aliphatic hydroxyl groups excluding tert-OH is 1. The lowest BCUT2D eigenvalue weighted by Crippen LogP contribution is -2.60. The van der Waals surface area contributed by atoms with Crippen LogP contribution in [0.5, 0.6) is 5.75 Å². The molecule has 0 aromatic heterocycles. The van der Waals surface area contributed by atoms with E-state index in [1.54, 1.807) is 26.0 Å². The van der Waals surface area contributed by atoms with E-state index in [9.17, 15) is 34.5 Å². The highest BCUT2D eigenvalue weighted by Gasteiger charge is 2.34. The zero-order valence-electron chi connectivity index (χ0n) is 19.6. The highest BCUT2D eigenvalue weighted by molar-refractivity contribution is 5.94. The van der Waals surface area contributed by atoms with E-state index in [0.717, 1.165) is 6.42 Å². The van der Waals surface area contributed by atoms with Crippen LogP contribution in [0, 0.1) is 5.92 Å². The van der Waals surface area contributed by atoms with Crippen molar-refractivity contribution in [3.8, 4) is 5.75 Å².